The molecule has 0 saturated carbocycles. The predicted octanol–water partition coefficient (Wildman–Crippen LogP) is 2.23. The molecule has 0 saturated heterocycles. The molecule has 1 atom stereocenters. The summed E-state index contributed by atoms with van der Waals surface area (Å²) in [5, 5.41) is 8.95. The van der Waals surface area contributed by atoms with Crippen LogP contribution in [0.5, 0.6) is 0 Å². The van der Waals surface area contributed by atoms with Crippen LogP contribution in [-0.4, -0.2) is 25.5 Å². The smallest absolute Gasteiger partial charge is 0.416 e. The summed E-state index contributed by atoms with van der Waals surface area (Å²) in [5.41, 5.74) is -1.03. The van der Waals surface area contributed by atoms with Crippen LogP contribution >= 0.6 is 0 Å². The number of sulfonamides is 1. The van der Waals surface area contributed by atoms with Gasteiger partial charge in [0.15, 0.2) is 0 Å². The number of alkyl halides is 3. The lowest BCUT2D eigenvalue weighted by atomic mass is 10.1. The van der Waals surface area contributed by atoms with Gasteiger partial charge in [0.05, 0.1) is 11.3 Å². The number of benzene rings is 1. The third-order valence-corrected chi connectivity index (χ3v) is 4.18. The fourth-order valence-electron chi connectivity index (χ4n) is 1.76. The quantitative estimate of drug-likeness (QED) is 0.832. The van der Waals surface area contributed by atoms with Crippen molar-refractivity contribution in [2.75, 3.05) is 0 Å². The van der Waals surface area contributed by atoms with Crippen LogP contribution < -0.4 is 4.72 Å². The topological polar surface area (TPSA) is 83.5 Å². The highest BCUT2D eigenvalue weighted by atomic mass is 32.2. The highest BCUT2D eigenvalue weighted by molar-refractivity contribution is 7.88. The number of rotatable bonds is 6. The second-order valence-electron chi connectivity index (χ2n) is 5.13. The van der Waals surface area contributed by atoms with Crippen molar-refractivity contribution in [3.05, 3.63) is 35.4 Å². The Kier molecular flexibility index (Phi) is 5.58. The van der Waals surface area contributed by atoms with E-state index >= 15 is 0 Å². The monoisotopic (exact) mass is 339 g/mol. The SMILES string of the molecule is CC(C)[C@@H](NS(=O)(=O)Cc1cccc(C(F)(F)F)c1)C(=O)O. The lowest BCUT2D eigenvalue weighted by molar-refractivity contribution is -0.140. The number of hydrogen-bond donors (Lipinski definition) is 2. The van der Waals surface area contributed by atoms with Gasteiger partial charge in [-0.1, -0.05) is 32.0 Å². The van der Waals surface area contributed by atoms with Gasteiger partial charge < -0.3 is 5.11 Å². The molecule has 0 heterocycles. The molecule has 1 aromatic carbocycles. The number of nitrogens with one attached hydrogen (secondary N) is 1. The van der Waals surface area contributed by atoms with Crippen molar-refractivity contribution in [1.82, 2.24) is 4.72 Å². The van der Waals surface area contributed by atoms with E-state index in [1.807, 2.05) is 4.72 Å². The summed E-state index contributed by atoms with van der Waals surface area (Å²) >= 11 is 0. The van der Waals surface area contributed by atoms with E-state index in [9.17, 15) is 26.4 Å². The molecular formula is C13H16F3NO4S. The van der Waals surface area contributed by atoms with Gasteiger partial charge in [0.25, 0.3) is 0 Å². The number of halogens is 3. The van der Waals surface area contributed by atoms with Crippen LogP contribution in [0.15, 0.2) is 24.3 Å². The summed E-state index contributed by atoms with van der Waals surface area (Å²) in [4.78, 5) is 11.0. The maximum atomic E-state index is 12.6. The van der Waals surface area contributed by atoms with Crippen LogP contribution in [-0.2, 0) is 26.7 Å². The lowest BCUT2D eigenvalue weighted by Gasteiger charge is -2.18. The molecule has 1 rings (SSSR count). The van der Waals surface area contributed by atoms with Gasteiger partial charge in [-0.15, -0.1) is 0 Å². The minimum Gasteiger partial charge on any atom is -0.480 e. The Morgan fingerprint density at radius 3 is 2.36 bits per heavy atom. The summed E-state index contributed by atoms with van der Waals surface area (Å²) in [7, 11) is -4.08. The predicted molar refractivity (Wildman–Crippen MR) is 73.5 cm³/mol. The second kappa shape index (κ2) is 6.66. The van der Waals surface area contributed by atoms with E-state index in [1.54, 1.807) is 0 Å². The van der Waals surface area contributed by atoms with Gasteiger partial charge >= 0.3 is 12.1 Å². The maximum absolute atomic E-state index is 12.6. The van der Waals surface area contributed by atoms with Crippen molar-refractivity contribution in [3.8, 4) is 0 Å². The Bertz CT molecular complexity index is 641. The van der Waals surface area contributed by atoms with Crippen LogP contribution in [0.4, 0.5) is 13.2 Å². The van der Waals surface area contributed by atoms with Crippen LogP contribution in [0.3, 0.4) is 0 Å². The standard InChI is InChI=1S/C13H16F3NO4S/c1-8(2)11(12(18)19)17-22(20,21)7-9-4-3-5-10(6-9)13(14,15)16/h3-6,8,11,17H,7H2,1-2H3,(H,18,19)/t11-/m1/s1. The first-order valence-electron chi connectivity index (χ1n) is 6.31. The zero-order valence-corrected chi connectivity index (χ0v) is 12.7. The first-order chi connectivity index (χ1) is 9.92. The van der Waals surface area contributed by atoms with Crippen molar-refractivity contribution in [2.45, 2.75) is 31.8 Å². The largest absolute Gasteiger partial charge is 0.480 e. The Labute approximate surface area is 126 Å². The molecule has 0 aliphatic carbocycles. The maximum Gasteiger partial charge on any atom is 0.416 e. The van der Waals surface area contributed by atoms with Crippen molar-refractivity contribution in [1.29, 1.82) is 0 Å². The molecule has 2 N–H and O–H groups in total. The fraction of sp³-hybridized carbons (Fsp3) is 0.462. The van der Waals surface area contributed by atoms with E-state index in [2.05, 4.69) is 0 Å². The molecule has 0 unspecified atom stereocenters. The zero-order chi connectivity index (χ0) is 17.1. The fourth-order valence-corrected chi connectivity index (χ4v) is 3.23. The van der Waals surface area contributed by atoms with Crippen LogP contribution in [0, 0.1) is 5.92 Å². The molecule has 124 valence electrons. The molecule has 9 heteroatoms. The summed E-state index contributed by atoms with van der Waals surface area (Å²) in [6, 6.07) is 2.56. The first-order valence-corrected chi connectivity index (χ1v) is 7.96. The van der Waals surface area contributed by atoms with E-state index < -0.39 is 45.4 Å². The normalized spacial score (nSPS) is 14.1. The van der Waals surface area contributed by atoms with Gasteiger partial charge in [0.2, 0.25) is 10.0 Å². The van der Waals surface area contributed by atoms with Crippen molar-refractivity contribution >= 4 is 16.0 Å². The minimum absolute atomic E-state index is 0.0739. The summed E-state index contributed by atoms with van der Waals surface area (Å²) in [6.07, 6.45) is -4.57. The van der Waals surface area contributed by atoms with Crippen molar-refractivity contribution in [3.63, 3.8) is 0 Å². The second-order valence-corrected chi connectivity index (χ2v) is 6.89. The summed E-state index contributed by atoms with van der Waals surface area (Å²) in [5.74, 6) is -2.58. The number of aliphatic carboxylic acids is 1. The van der Waals surface area contributed by atoms with E-state index in [0.29, 0.717) is 0 Å². The molecule has 5 nitrogen and oxygen atoms in total. The minimum atomic E-state index is -4.57. The summed E-state index contributed by atoms with van der Waals surface area (Å²) in [6.45, 7) is 3.04. The van der Waals surface area contributed by atoms with Gasteiger partial charge in [-0.25, -0.2) is 13.1 Å². The van der Waals surface area contributed by atoms with Crippen molar-refractivity contribution < 1.29 is 31.5 Å². The molecule has 0 aromatic heterocycles. The highest BCUT2D eigenvalue weighted by Gasteiger charge is 2.31. The van der Waals surface area contributed by atoms with Crippen LogP contribution in [0.2, 0.25) is 0 Å². The van der Waals surface area contributed by atoms with E-state index in [0.717, 1.165) is 18.2 Å². The lowest BCUT2D eigenvalue weighted by Crippen LogP contribution is -2.44. The molecule has 0 bridgehead atoms. The van der Waals surface area contributed by atoms with E-state index in [4.69, 9.17) is 5.11 Å². The zero-order valence-electron chi connectivity index (χ0n) is 11.9. The average Bonchev–Trinajstić information content (AvgIpc) is 2.34. The Hall–Kier alpha value is -1.61. The molecule has 0 spiro atoms. The number of carboxylic acids is 1. The number of carbonyl (C=O) groups is 1. The Morgan fingerprint density at radius 1 is 1.32 bits per heavy atom. The third-order valence-electron chi connectivity index (χ3n) is 2.85. The van der Waals surface area contributed by atoms with Gasteiger partial charge in [-0.3, -0.25) is 4.79 Å². The molecule has 0 amide bonds. The highest BCUT2D eigenvalue weighted by Crippen LogP contribution is 2.29. The molecular weight excluding hydrogens is 323 g/mol. The molecule has 0 fully saturated rings. The van der Waals surface area contributed by atoms with E-state index in [1.165, 1.54) is 19.9 Å². The first kappa shape index (κ1) is 18.4. The van der Waals surface area contributed by atoms with Gasteiger partial charge in [-0.05, 0) is 17.5 Å². The van der Waals surface area contributed by atoms with E-state index in [-0.39, 0.29) is 5.56 Å². The Balaban J connectivity index is 2.96. The van der Waals surface area contributed by atoms with Crippen molar-refractivity contribution in [2.24, 2.45) is 5.92 Å². The molecule has 0 aliphatic heterocycles. The van der Waals surface area contributed by atoms with Gasteiger partial charge in [0.1, 0.15) is 6.04 Å². The van der Waals surface area contributed by atoms with Gasteiger partial charge in [-0.2, -0.15) is 13.2 Å². The molecule has 0 radical (unpaired) electrons. The molecule has 22 heavy (non-hydrogen) atoms. The van der Waals surface area contributed by atoms with Gasteiger partial charge in [0, 0.05) is 0 Å². The van der Waals surface area contributed by atoms with Crippen LogP contribution in [0.25, 0.3) is 0 Å². The summed E-state index contributed by atoms with van der Waals surface area (Å²) < 4.78 is 63.6. The number of hydrogen-bond acceptors (Lipinski definition) is 3. The Morgan fingerprint density at radius 2 is 1.91 bits per heavy atom. The van der Waals surface area contributed by atoms with Crippen LogP contribution in [0.1, 0.15) is 25.0 Å². The molecule has 1 aromatic rings. The third kappa shape index (κ3) is 5.30. The average molecular weight is 339 g/mol. The number of carboxylic acid groups (broad SMARTS) is 1. The molecule has 0 aliphatic rings.